The Bertz CT molecular complexity index is 394. The number of amides is 1. The average Bonchev–Trinajstić information content (AvgIpc) is 2.39. The van der Waals surface area contributed by atoms with Gasteiger partial charge in [-0.3, -0.25) is 4.79 Å². The molecule has 4 nitrogen and oxygen atoms in total. The summed E-state index contributed by atoms with van der Waals surface area (Å²) in [6.45, 7) is 0.760. The fourth-order valence-corrected chi connectivity index (χ4v) is 2.36. The normalized spacial score (nSPS) is 20.4. The van der Waals surface area contributed by atoms with Gasteiger partial charge in [-0.25, -0.2) is 4.98 Å². The maximum Gasteiger partial charge on any atom is 0.255 e. The van der Waals surface area contributed by atoms with Crippen LogP contribution in [0.2, 0.25) is 0 Å². The number of piperidine rings is 1. The van der Waals surface area contributed by atoms with E-state index in [0.717, 1.165) is 25.8 Å². The molecule has 5 heteroatoms. The molecule has 1 atom stereocenters. The molecule has 92 valence electrons. The predicted octanol–water partition coefficient (Wildman–Crippen LogP) is 1.83. The number of pyridine rings is 1. The molecule has 1 aliphatic rings. The summed E-state index contributed by atoms with van der Waals surface area (Å²) in [5.74, 6) is -0.0382. The minimum atomic E-state index is -0.0418. The summed E-state index contributed by atoms with van der Waals surface area (Å²) in [6, 6.07) is 3.47. The number of aliphatic hydroxyl groups excluding tert-OH is 1. The fourth-order valence-electron chi connectivity index (χ4n) is 2.13. The van der Waals surface area contributed by atoms with Crippen LogP contribution in [0.5, 0.6) is 0 Å². The second kappa shape index (κ2) is 5.60. The Morgan fingerprint density at radius 2 is 2.35 bits per heavy atom. The third-order valence-corrected chi connectivity index (χ3v) is 3.54. The van der Waals surface area contributed by atoms with Crippen LogP contribution in [0.15, 0.2) is 22.9 Å². The molecule has 2 heterocycles. The zero-order valence-corrected chi connectivity index (χ0v) is 11.1. The van der Waals surface area contributed by atoms with E-state index in [1.165, 1.54) is 0 Å². The lowest BCUT2D eigenvalue weighted by molar-refractivity contribution is 0.0502. The molecule has 1 amide bonds. The van der Waals surface area contributed by atoms with Crippen molar-refractivity contribution in [2.24, 2.45) is 0 Å². The number of halogens is 1. The largest absolute Gasteiger partial charge is 0.394 e. The predicted molar refractivity (Wildman–Crippen MR) is 67.7 cm³/mol. The highest BCUT2D eigenvalue weighted by molar-refractivity contribution is 9.10. The Morgan fingerprint density at radius 3 is 3.00 bits per heavy atom. The van der Waals surface area contributed by atoms with Gasteiger partial charge in [0.15, 0.2) is 0 Å². The van der Waals surface area contributed by atoms with Crippen LogP contribution in [-0.4, -0.2) is 40.1 Å². The van der Waals surface area contributed by atoms with E-state index in [1.54, 1.807) is 23.2 Å². The van der Waals surface area contributed by atoms with E-state index in [2.05, 4.69) is 20.9 Å². The van der Waals surface area contributed by atoms with Gasteiger partial charge in [-0.05, 0) is 47.3 Å². The molecule has 17 heavy (non-hydrogen) atoms. The van der Waals surface area contributed by atoms with Crippen LogP contribution in [0.25, 0.3) is 0 Å². The molecule has 1 aromatic heterocycles. The number of likely N-dealkylation sites (tertiary alicyclic amines) is 1. The van der Waals surface area contributed by atoms with Crippen molar-refractivity contribution in [3.63, 3.8) is 0 Å². The van der Waals surface area contributed by atoms with Gasteiger partial charge >= 0.3 is 0 Å². The van der Waals surface area contributed by atoms with Gasteiger partial charge in [0.2, 0.25) is 0 Å². The van der Waals surface area contributed by atoms with Crippen molar-refractivity contribution in [2.75, 3.05) is 13.2 Å². The van der Waals surface area contributed by atoms with Gasteiger partial charge < -0.3 is 10.0 Å². The zero-order valence-electron chi connectivity index (χ0n) is 9.47. The Kier molecular flexibility index (Phi) is 4.12. The van der Waals surface area contributed by atoms with Crippen LogP contribution in [0.3, 0.4) is 0 Å². The maximum absolute atomic E-state index is 12.2. The van der Waals surface area contributed by atoms with E-state index in [0.29, 0.717) is 10.2 Å². The number of hydrogen-bond acceptors (Lipinski definition) is 3. The number of nitrogens with zero attached hydrogens (tertiary/aromatic N) is 2. The highest BCUT2D eigenvalue weighted by atomic mass is 79.9. The maximum atomic E-state index is 12.2. The number of aromatic nitrogens is 1. The first-order valence-corrected chi connectivity index (χ1v) is 6.55. The lowest BCUT2D eigenvalue weighted by Crippen LogP contribution is -2.45. The van der Waals surface area contributed by atoms with Crippen molar-refractivity contribution in [3.05, 3.63) is 28.5 Å². The number of carbonyl (C=O) groups is 1. The van der Waals surface area contributed by atoms with Gasteiger partial charge in [-0.15, -0.1) is 0 Å². The molecule has 1 aliphatic heterocycles. The molecular weight excluding hydrogens is 284 g/mol. The Morgan fingerprint density at radius 1 is 1.53 bits per heavy atom. The van der Waals surface area contributed by atoms with E-state index in [-0.39, 0.29) is 18.6 Å². The zero-order chi connectivity index (χ0) is 12.3. The van der Waals surface area contributed by atoms with E-state index < -0.39 is 0 Å². The first kappa shape index (κ1) is 12.5. The number of rotatable bonds is 2. The SMILES string of the molecule is O=C(c1ccc(Br)nc1)N1CCCCC1CO. The lowest BCUT2D eigenvalue weighted by atomic mass is 10.0. The molecule has 0 spiro atoms. The molecule has 0 saturated carbocycles. The monoisotopic (exact) mass is 298 g/mol. The minimum absolute atomic E-state index is 0.0374. The Labute approximate surface area is 109 Å². The van der Waals surface area contributed by atoms with Gasteiger partial charge in [0.1, 0.15) is 4.60 Å². The highest BCUT2D eigenvalue weighted by Gasteiger charge is 2.26. The topological polar surface area (TPSA) is 53.4 Å². The third kappa shape index (κ3) is 2.84. The van der Waals surface area contributed by atoms with Crippen LogP contribution >= 0.6 is 15.9 Å². The Hall–Kier alpha value is -0.940. The first-order chi connectivity index (χ1) is 8.22. The van der Waals surface area contributed by atoms with Crippen LogP contribution in [0.4, 0.5) is 0 Å². The lowest BCUT2D eigenvalue weighted by Gasteiger charge is -2.34. The van der Waals surface area contributed by atoms with Gasteiger partial charge in [-0.2, -0.15) is 0 Å². The standard InChI is InChI=1S/C12H15BrN2O2/c13-11-5-4-9(7-14-11)12(17)15-6-2-1-3-10(15)8-16/h4-5,7,10,16H,1-3,6,8H2. The summed E-state index contributed by atoms with van der Waals surface area (Å²) >= 11 is 3.24. The third-order valence-electron chi connectivity index (χ3n) is 3.07. The van der Waals surface area contributed by atoms with Crippen molar-refractivity contribution >= 4 is 21.8 Å². The molecule has 1 saturated heterocycles. The first-order valence-electron chi connectivity index (χ1n) is 5.76. The molecule has 1 unspecified atom stereocenters. The number of aliphatic hydroxyl groups is 1. The highest BCUT2D eigenvalue weighted by Crippen LogP contribution is 2.19. The smallest absolute Gasteiger partial charge is 0.255 e. The molecular formula is C12H15BrN2O2. The molecule has 1 fully saturated rings. The van der Waals surface area contributed by atoms with E-state index in [4.69, 9.17) is 0 Å². The van der Waals surface area contributed by atoms with E-state index in [1.807, 2.05) is 0 Å². The van der Waals surface area contributed by atoms with Gasteiger partial charge in [0, 0.05) is 12.7 Å². The van der Waals surface area contributed by atoms with Crippen molar-refractivity contribution < 1.29 is 9.90 Å². The summed E-state index contributed by atoms with van der Waals surface area (Å²) in [5.41, 5.74) is 0.577. The summed E-state index contributed by atoms with van der Waals surface area (Å²) in [5, 5.41) is 9.28. The molecule has 2 rings (SSSR count). The van der Waals surface area contributed by atoms with Crippen molar-refractivity contribution in [3.8, 4) is 0 Å². The molecule has 0 bridgehead atoms. The second-order valence-electron chi connectivity index (χ2n) is 4.20. The second-order valence-corrected chi connectivity index (χ2v) is 5.01. The fraction of sp³-hybridized carbons (Fsp3) is 0.500. The Balaban J connectivity index is 2.15. The van der Waals surface area contributed by atoms with Crippen LogP contribution < -0.4 is 0 Å². The average molecular weight is 299 g/mol. The quantitative estimate of drug-likeness (QED) is 0.848. The van der Waals surface area contributed by atoms with Crippen LogP contribution in [0, 0.1) is 0 Å². The van der Waals surface area contributed by atoms with Crippen molar-refractivity contribution in [2.45, 2.75) is 25.3 Å². The van der Waals surface area contributed by atoms with Gasteiger partial charge in [0.05, 0.1) is 18.2 Å². The van der Waals surface area contributed by atoms with Gasteiger partial charge in [-0.1, -0.05) is 0 Å². The van der Waals surface area contributed by atoms with Crippen molar-refractivity contribution in [1.29, 1.82) is 0 Å². The molecule has 1 N–H and O–H groups in total. The molecule has 0 radical (unpaired) electrons. The minimum Gasteiger partial charge on any atom is -0.394 e. The van der Waals surface area contributed by atoms with Gasteiger partial charge in [0.25, 0.3) is 5.91 Å². The summed E-state index contributed by atoms with van der Waals surface area (Å²) < 4.78 is 0.714. The van der Waals surface area contributed by atoms with Crippen LogP contribution in [-0.2, 0) is 0 Å². The van der Waals surface area contributed by atoms with Crippen molar-refractivity contribution in [1.82, 2.24) is 9.88 Å². The molecule has 0 aromatic carbocycles. The summed E-state index contributed by atoms with van der Waals surface area (Å²) in [7, 11) is 0. The molecule has 0 aliphatic carbocycles. The van der Waals surface area contributed by atoms with E-state index >= 15 is 0 Å². The number of carbonyl (C=O) groups excluding carboxylic acids is 1. The summed E-state index contributed by atoms with van der Waals surface area (Å²) in [4.78, 5) is 18.1. The molecule has 1 aromatic rings. The summed E-state index contributed by atoms with van der Waals surface area (Å²) in [6.07, 6.45) is 4.53. The van der Waals surface area contributed by atoms with E-state index in [9.17, 15) is 9.90 Å². The number of hydrogen-bond donors (Lipinski definition) is 1. The van der Waals surface area contributed by atoms with Crippen LogP contribution in [0.1, 0.15) is 29.6 Å².